The van der Waals surface area contributed by atoms with E-state index in [1.165, 1.54) is 24.3 Å². The molecule has 0 aliphatic heterocycles. The third kappa shape index (κ3) is 3.26. The van der Waals surface area contributed by atoms with Crippen molar-refractivity contribution in [3.8, 4) is 5.88 Å². The van der Waals surface area contributed by atoms with E-state index in [0.29, 0.717) is 11.4 Å². The number of sulfonamides is 1. The second kappa shape index (κ2) is 5.76. The number of aromatic hydroxyl groups is 1. The molecule has 0 saturated heterocycles. The predicted molar refractivity (Wildman–Crippen MR) is 89.7 cm³/mol. The van der Waals surface area contributed by atoms with Crippen LogP contribution in [0.2, 0.25) is 0 Å². The van der Waals surface area contributed by atoms with E-state index in [2.05, 4.69) is 31.1 Å². The summed E-state index contributed by atoms with van der Waals surface area (Å²) in [6.45, 7) is 0. The van der Waals surface area contributed by atoms with E-state index in [-0.39, 0.29) is 10.8 Å². The number of nitrogens with zero attached hydrogens (tertiary/aromatic N) is 2. The first-order valence-corrected chi connectivity index (χ1v) is 8.73. The highest BCUT2D eigenvalue weighted by Gasteiger charge is 2.11. The van der Waals surface area contributed by atoms with E-state index in [1.54, 1.807) is 6.07 Å². The Bertz CT molecular complexity index is 1010. The molecule has 0 unspecified atom stereocenters. The van der Waals surface area contributed by atoms with Crippen molar-refractivity contribution in [2.24, 2.45) is 15.4 Å². The fraction of sp³-hybridized carbons (Fsp3) is 0. The molecule has 9 heteroatoms. The normalized spacial score (nSPS) is 12.3. The average molecular weight is 395 g/mol. The molecule has 0 aliphatic carbocycles. The largest absolute Gasteiger partial charge is 0.493 e. The number of benzene rings is 2. The molecule has 0 amide bonds. The van der Waals surface area contributed by atoms with Gasteiger partial charge in [0.05, 0.1) is 16.1 Å². The van der Waals surface area contributed by atoms with Gasteiger partial charge >= 0.3 is 0 Å². The van der Waals surface area contributed by atoms with Gasteiger partial charge in [-0.1, -0.05) is 15.9 Å². The van der Waals surface area contributed by atoms with Crippen LogP contribution in [0.15, 0.2) is 62.1 Å². The Labute approximate surface area is 140 Å². The van der Waals surface area contributed by atoms with Crippen molar-refractivity contribution in [3.63, 3.8) is 0 Å². The number of H-pyrrole nitrogens is 1. The van der Waals surface area contributed by atoms with Crippen LogP contribution in [0.4, 0.5) is 11.4 Å². The van der Waals surface area contributed by atoms with Crippen LogP contribution in [-0.4, -0.2) is 18.5 Å². The maximum Gasteiger partial charge on any atom is 0.238 e. The van der Waals surface area contributed by atoms with Gasteiger partial charge in [0.15, 0.2) is 5.69 Å². The number of halogens is 1. The molecule has 0 saturated carbocycles. The van der Waals surface area contributed by atoms with Crippen LogP contribution in [0.25, 0.3) is 10.9 Å². The highest BCUT2D eigenvalue weighted by atomic mass is 79.9. The molecule has 23 heavy (non-hydrogen) atoms. The van der Waals surface area contributed by atoms with Gasteiger partial charge in [0.25, 0.3) is 0 Å². The van der Waals surface area contributed by atoms with Gasteiger partial charge < -0.3 is 10.1 Å². The first kappa shape index (κ1) is 15.7. The standard InChI is InChI=1S/C14H11BrN4O3S/c15-8-1-6-11-12(7-8)17-14(20)13(11)19-18-9-2-4-10(5-3-9)23(16,21)22/h1-7,17,20H,(H2,16,21,22). The Hall–Kier alpha value is -2.23. The van der Waals surface area contributed by atoms with E-state index < -0.39 is 10.0 Å². The van der Waals surface area contributed by atoms with E-state index in [0.717, 1.165) is 15.4 Å². The number of aromatic amines is 1. The average Bonchev–Trinajstić information content (AvgIpc) is 2.79. The molecule has 0 atom stereocenters. The summed E-state index contributed by atoms with van der Waals surface area (Å²) < 4.78 is 23.2. The molecule has 0 spiro atoms. The Morgan fingerprint density at radius 1 is 1.09 bits per heavy atom. The van der Waals surface area contributed by atoms with E-state index in [9.17, 15) is 13.5 Å². The fourth-order valence-corrected chi connectivity index (χ4v) is 2.93. The molecule has 0 bridgehead atoms. The van der Waals surface area contributed by atoms with Crippen LogP contribution < -0.4 is 5.14 Å². The molecule has 0 aliphatic rings. The Morgan fingerprint density at radius 3 is 2.43 bits per heavy atom. The van der Waals surface area contributed by atoms with Gasteiger partial charge in [-0.15, -0.1) is 5.11 Å². The molecule has 7 nitrogen and oxygen atoms in total. The molecule has 2 aromatic carbocycles. The first-order chi connectivity index (χ1) is 10.8. The van der Waals surface area contributed by atoms with Gasteiger partial charge in [0.1, 0.15) is 0 Å². The molecule has 0 radical (unpaired) electrons. The van der Waals surface area contributed by atoms with E-state index >= 15 is 0 Å². The topological polar surface area (TPSA) is 121 Å². The lowest BCUT2D eigenvalue weighted by molar-refractivity contribution is 0.459. The lowest BCUT2D eigenvalue weighted by Gasteiger charge is -1.97. The van der Waals surface area contributed by atoms with Crippen LogP contribution >= 0.6 is 15.9 Å². The summed E-state index contributed by atoms with van der Waals surface area (Å²) >= 11 is 3.35. The number of nitrogens with two attached hydrogens (primary N) is 1. The molecule has 3 rings (SSSR count). The Balaban J connectivity index is 1.95. The van der Waals surface area contributed by atoms with Crippen molar-refractivity contribution in [2.75, 3.05) is 0 Å². The summed E-state index contributed by atoms with van der Waals surface area (Å²) in [5, 5.41) is 23.7. The Morgan fingerprint density at radius 2 is 1.78 bits per heavy atom. The second-order valence-electron chi connectivity index (χ2n) is 4.75. The maximum absolute atomic E-state index is 11.2. The van der Waals surface area contributed by atoms with Crippen molar-refractivity contribution in [1.29, 1.82) is 0 Å². The molecule has 3 aromatic rings. The van der Waals surface area contributed by atoms with E-state index in [4.69, 9.17) is 5.14 Å². The number of primary sulfonamides is 1. The summed E-state index contributed by atoms with van der Waals surface area (Å²) in [7, 11) is -3.74. The second-order valence-corrected chi connectivity index (χ2v) is 7.23. The lowest BCUT2D eigenvalue weighted by Crippen LogP contribution is -2.11. The molecule has 1 aromatic heterocycles. The minimum absolute atomic E-state index is 0.00348. The van der Waals surface area contributed by atoms with Crippen LogP contribution in [0.3, 0.4) is 0 Å². The minimum Gasteiger partial charge on any atom is -0.493 e. The van der Waals surface area contributed by atoms with Crippen molar-refractivity contribution in [3.05, 3.63) is 46.9 Å². The SMILES string of the molecule is NS(=O)(=O)c1ccc(N=Nc2c(O)[nH]c3cc(Br)ccc23)cc1. The maximum atomic E-state index is 11.2. The zero-order valence-electron chi connectivity index (χ0n) is 11.6. The molecule has 1 heterocycles. The first-order valence-electron chi connectivity index (χ1n) is 6.39. The monoisotopic (exact) mass is 394 g/mol. The summed E-state index contributed by atoms with van der Waals surface area (Å²) in [6.07, 6.45) is 0. The van der Waals surface area contributed by atoms with Gasteiger partial charge in [-0.3, -0.25) is 0 Å². The number of hydrogen-bond donors (Lipinski definition) is 3. The smallest absolute Gasteiger partial charge is 0.238 e. The van der Waals surface area contributed by atoms with Crippen LogP contribution in [0.5, 0.6) is 5.88 Å². The van der Waals surface area contributed by atoms with Crippen LogP contribution in [0, 0.1) is 0 Å². The fourth-order valence-electron chi connectivity index (χ4n) is 2.05. The summed E-state index contributed by atoms with van der Waals surface area (Å²) in [6, 6.07) is 11.1. The van der Waals surface area contributed by atoms with Crippen molar-refractivity contribution >= 4 is 48.2 Å². The third-order valence-electron chi connectivity index (χ3n) is 3.14. The van der Waals surface area contributed by atoms with Gasteiger partial charge in [0, 0.05) is 9.86 Å². The van der Waals surface area contributed by atoms with Crippen molar-refractivity contribution in [2.45, 2.75) is 4.90 Å². The molecule has 4 N–H and O–H groups in total. The number of fused-ring (bicyclic) bond motifs is 1. The number of azo groups is 1. The summed E-state index contributed by atoms with van der Waals surface area (Å²) in [5.74, 6) is -0.0944. The number of hydrogen-bond acceptors (Lipinski definition) is 5. The van der Waals surface area contributed by atoms with Gasteiger partial charge in [-0.25, -0.2) is 13.6 Å². The van der Waals surface area contributed by atoms with Gasteiger partial charge in [-0.2, -0.15) is 5.11 Å². The highest BCUT2D eigenvalue weighted by Crippen LogP contribution is 2.37. The van der Waals surface area contributed by atoms with E-state index in [1.807, 2.05) is 12.1 Å². The molecule has 0 fully saturated rings. The molecule has 118 valence electrons. The van der Waals surface area contributed by atoms with Gasteiger partial charge in [-0.05, 0) is 42.5 Å². The Kier molecular flexibility index (Phi) is 3.92. The van der Waals surface area contributed by atoms with Crippen molar-refractivity contribution in [1.82, 2.24) is 4.98 Å². The summed E-state index contributed by atoms with van der Waals surface area (Å²) in [5.41, 5.74) is 1.46. The molecular formula is C14H11BrN4O3S. The van der Waals surface area contributed by atoms with Crippen LogP contribution in [0.1, 0.15) is 0 Å². The third-order valence-corrected chi connectivity index (χ3v) is 4.57. The van der Waals surface area contributed by atoms with Crippen molar-refractivity contribution < 1.29 is 13.5 Å². The number of aromatic nitrogens is 1. The number of rotatable bonds is 3. The lowest BCUT2D eigenvalue weighted by atomic mass is 10.2. The van der Waals surface area contributed by atoms with Crippen LogP contribution in [-0.2, 0) is 10.0 Å². The quantitative estimate of drug-likeness (QED) is 0.586. The predicted octanol–water partition coefficient (Wildman–Crippen LogP) is 3.70. The van der Waals surface area contributed by atoms with Gasteiger partial charge in [0.2, 0.25) is 15.9 Å². The number of nitrogens with one attached hydrogen (secondary N) is 1. The highest BCUT2D eigenvalue weighted by molar-refractivity contribution is 9.10. The zero-order valence-corrected chi connectivity index (χ0v) is 14.0. The summed E-state index contributed by atoms with van der Waals surface area (Å²) in [4.78, 5) is 2.81. The zero-order chi connectivity index (χ0) is 16.6. The minimum atomic E-state index is -3.74. The molecular weight excluding hydrogens is 384 g/mol.